The van der Waals surface area contributed by atoms with Crippen LogP contribution in [0, 0.1) is 13.8 Å². The number of nitrogens with zero attached hydrogens (tertiary/aromatic N) is 1. The largest absolute Gasteiger partial charge is 0.507 e. The summed E-state index contributed by atoms with van der Waals surface area (Å²) in [7, 11) is 2.91. The molecule has 0 radical (unpaired) electrons. The fourth-order valence-corrected chi connectivity index (χ4v) is 5.18. The number of aliphatic hydroxyl groups is 1. The molecule has 198 valence electrons. The summed E-state index contributed by atoms with van der Waals surface area (Å²) >= 11 is 12.6. The molecule has 0 bridgehead atoms. The normalized spacial score (nSPS) is 16.6. The standard InChI is InChI=1S/C29H27Cl2NO6/c1-6-38-23-12-17(10-11-22(23)36-4)25-24(26(33)19-13-18(30)14-20(31)28(19)37-5)27(34)29(35)32(25)21-9-7-8-15(2)16(21)3/h7-14,25,33H,6H2,1-5H3/b26-24+. The van der Waals surface area contributed by atoms with Crippen LogP contribution in [-0.4, -0.2) is 37.6 Å². The summed E-state index contributed by atoms with van der Waals surface area (Å²) in [5, 5.41) is 12.0. The Bertz CT molecular complexity index is 1470. The van der Waals surface area contributed by atoms with E-state index < -0.39 is 23.5 Å². The maximum atomic E-state index is 13.6. The lowest BCUT2D eigenvalue weighted by Crippen LogP contribution is -2.30. The van der Waals surface area contributed by atoms with E-state index in [1.165, 1.54) is 31.3 Å². The molecule has 1 amide bonds. The molecular formula is C29H27Cl2NO6. The van der Waals surface area contributed by atoms with Crippen LogP contribution in [0.2, 0.25) is 10.0 Å². The third-order valence-corrected chi connectivity index (χ3v) is 7.05. The molecule has 1 unspecified atom stereocenters. The Morgan fingerprint density at radius 2 is 1.74 bits per heavy atom. The van der Waals surface area contributed by atoms with Crippen molar-refractivity contribution in [3.63, 3.8) is 0 Å². The third-order valence-electron chi connectivity index (χ3n) is 6.55. The number of aliphatic hydroxyl groups excluding tert-OH is 1. The van der Waals surface area contributed by atoms with Crippen molar-refractivity contribution in [1.82, 2.24) is 0 Å². The van der Waals surface area contributed by atoms with Gasteiger partial charge < -0.3 is 19.3 Å². The lowest BCUT2D eigenvalue weighted by molar-refractivity contribution is -0.132. The van der Waals surface area contributed by atoms with Gasteiger partial charge in [0, 0.05) is 10.7 Å². The van der Waals surface area contributed by atoms with E-state index in [4.69, 9.17) is 37.4 Å². The maximum Gasteiger partial charge on any atom is 0.300 e. The average Bonchev–Trinajstić information content (AvgIpc) is 3.15. The number of hydrogen-bond acceptors (Lipinski definition) is 6. The number of hydrogen-bond donors (Lipinski definition) is 1. The second kappa shape index (κ2) is 11.0. The number of ether oxygens (including phenoxy) is 3. The van der Waals surface area contributed by atoms with Gasteiger partial charge in [0.1, 0.15) is 11.5 Å². The molecule has 1 fully saturated rings. The monoisotopic (exact) mass is 555 g/mol. The minimum absolute atomic E-state index is 0.0903. The first-order valence-corrected chi connectivity index (χ1v) is 12.6. The summed E-state index contributed by atoms with van der Waals surface area (Å²) in [5.74, 6) is -1.07. The first-order chi connectivity index (χ1) is 18.1. The zero-order valence-corrected chi connectivity index (χ0v) is 23.1. The van der Waals surface area contributed by atoms with E-state index in [0.29, 0.717) is 29.4 Å². The van der Waals surface area contributed by atoms with Gasteiger partial charge in [-0.3, -0.25) is 14.5 Å². The van der Waals surface area contributed by atoms with Gasteiger partial charge in [0.25, 0.3) is 11.7 Å². The summed E-state index contributed by atoms with van der Waals surface area (Å²) in [6.45, 7) is 6.00. The van der Waals surface area contributed by atoms with E-state index >= 15 is 0 Å². The lowest BCUT2D eigenvalue weighted by Gasteiger charge is -2.28. The molecule has 9 heteroatoms. The van der Waals surface area contributed by atoms with Crippen molar-refractivity contribution in [2.45, 2.75) is 26.8 Å². The van der Waals surface area contributed by atoms with Crippen LogP contribution in [0.3, 0.4) is 0 Å². The topological polar surface area (TPSA) is 85.3 Å². The summed E-state index contributed by atoms with van der Waals surface area (Å²) in [4.78, 5) is 28.6. The molecule has 0 saturated carbocycles. The second-order valence-electron chi connectivity index (χ2n) is 8.70. The Morgan fingerprint density at radius 1 is 1.00 bits per heavy atom. The summed E-state index contributed by atoms with van der Waals surface area (Å²) < 4.78 is 16.6. The number of Topliss-reactive ketones (excluding diaryl/α,β-unsaturated/α-hetero) is 1. The van der Waals surface area contributed by atoms with Gasteiger partial charge in [-0.05, 0) is 67.8 Å². The van der Waals surface area contributed by atoms with Crippen LogP contribution in [0.4, 0.5) is 5.69 Å². The smallest absolute Gasteiger partial charge is 0.300 e. The molecule has 3 aromatic carbocycles. The van der Waals surface area contributed by atoms with Gasteiger partial charge >= 0.3 is 0 Å². The number of aryl methyl sites for hydroxylation is 1. The van der Waals surface area contributed by atoms with E-state index in [1.54, 1.807) is 24.3 Å². The number of anilines is 1. The van der Waals surface area contributed by atoms with E-state index in [0.717, 1.165) is 11.1 Å². The van der Waals surface area contributed by atoms with Gasteiger partial charge in [-0.15, -0.1) is 0 Å². The highest BCUT2D eigenvalue weighted by Crippen LogP contribution is 2.47. The molecule has 0 aromatic heterocycles. The van der Waals surface area contributed by atoms with Crippen molar-refractivity contribution < 1.29 is 28.9 Å². The van der Waals surface area contributed by atoms with Crippen LogP contribution in [0.1, 0.15) is 35.2 Å². The molecule has 1 N–H and O–H groups in total. The van der Waals surface area contributed by atoms with Crippen molar-refractivity contribution in [3.8, 4) is 17.2 Å². The fourth-order valence-electron chi connectivity index (χ4n) is 4.61. The van der Waals surface area contributed by atoms with Crippen molar-refractivity contribution in [2.75, 3.05) is 25.7 Å². The SMILES string of the molecule is CCOc1cc(C2/C(=C(\O)c3cc(Cl)cc(Cl)c3OC)C(=O)C(=O)N2c2cccc(C)c2C)ccc1OC. The highest BCUT2D eigenvalue weighted by molar-refractivity contribution is 6.52. The lowest BCUT2D eigenvalue weighted by atomic mass is 9.94. The van der Waals surface area contributed by atoms with Crippen LogP contribution in [-0.2, 0) is 9.59 Å². The molecule has 0 spiro atoms. The van der Waals surface area contributed by atoms with Gasteiger partial charge in [0.2, 0.25) is 0 Å². The number of methoxy groups -OCH3 is 2. The Labute approximate surface area is 231 Å². The van der Waals surface area contributed by atoms with E-state index in [9.17, 15) is 14.7 Å². The number of halogens is 2. The quantitative estimate of drug-likeness (QED) is 0.199. The van der Waals surface area contributed by atoms with Crippen LogP contribution in [0.25, 0.3) is 5.76 Å². The van der Waals surface area contributed by atoms with Gasteiger partial charge in [0.05, 0.1) is 43.0 Å². The van der Waals surface area contributed by atoms with Crippen molar-refractivity contribution >= 4 is 46.3 Å². The first-order valence-electron chi connectivity index (χ1n) is 11.9. The van der Waals surface area contributed by atoms with Crippen LogP contribution in [0.5, 0.6) is 17.2 Å². The Morgan fingerprint density at radius 3 is 2.39 bits per heavy atom. The Kier molecular flexibility index (Phi) is 7.90. The highest BCUT2D eigenvalue weighted by atomic mass is 35.5. The number of benzene rings is 3. The molecule has 0 aliphatic carbocycles. The van der Waals surface area contributed by atoms with Crippen molar-refractivity contribution in [2.24, 2.45) is 0 Å². The van der Waals surface area contributed by atoms with E-state index in [-0.39, 0.29) is 26.9 Å². The fraction of sp³-hybridized carbons (Fsp3) is 0.241. The molecule has 38 heavy (non-hydrogen) atoms. The number of carbonyl (C=O) groups is 2. The molecule has 4 rings (SSSR count). The van der Waals surface area contributed by atoms with Crippen LogP contribution >= 0.6 is 23.2 Å². The molecule has 1 aliphatic heterocycles. The molecule has 1 saturated heterocycles. The zero-order valence-electron chi connectivity index (χ0n) is 21.6. The number of amides is 1. The number of rotatable bonds is 7. The predicted octanol–water partition coefficient (Wildman–Crippen LogP) is 6.65. The minimum Gasteiger partial charge on any atom is -0.507 e. The predicted molar refractivity (Wildman–Crippen MR) is 148 cm³/mol. The first kappa shape index (κ1) is 27.4. The summed E-state index contributed by atoms with van der Waals surface area (Å²) in [6, 6.07) is 12.5. The highest BCUT2D eigenvalue weighted by Gasteiger charge is 2.48. The van der Waals surface area contributed by atoms with Gasteiger partial charge in [0.15, 0.2) is 11.5 Å². The molecule has 7 nitrogen and oxygen atoms in total. The molecule has 1 aliphatic rings. The Balaban J connectivity index is 2.06. The Hall–Kier alpha value is -3.68. The summed E-state index contributed by atoms with van der Waals surface area (Å²) in [5.41, 5.74) is 2.79. The van der Waals surface area contributed by atoms with Crippen molar-refractivity contribution in [3.05, 3.63) is 86.4 Å². The van der Waals surface area contributed by atoms with E-state index in [1.807, 2.05) is 32.9 Å². The molecule has 3 aromatic rings. The summed E-state index contributed by atoms with van der Waals surface area (Å²) in [6.07, 6.45) is 0. The molecular weight excluding hydrogens is 529 g/mol. The zero-order chi connectivity index (χ0) is 27.7. The minimum atomic E-state index is -0.997. The maximum absolute atomic E-state index is 13.6. The molecule has 1 atom stereocenters. The van der Waals surface area contributed by atoms with Gasteiger partial charge in [-0.1, -0.05) is 41.4 Å². The molecule has 1 heterocycles. The van der Waals surface area contributed by atoms with Crippen molar-refractivity contribution in [1.29, 1.82) is 0 Å². The van der Waals surface area contributed by atoms with Crippen LogP contribution < -0.4 is 19.1 Å². The van der Waals surface area contributed by atoms with Gasteiger partial charge in [-0.2, -0.15) is 0 Å². The van der Waals surface area contributed by atoms with Gasteiger partial charge in [-0.25, -0.2) is 0 Å². The third kappa shape index (κ3) is 4.68. The number of carbonyl (C=O) groups excluding carboxylic acids is 2. The van der Waals surface area contributed by atoms with Crippen LogP contribution in [0.15, 0.2) is 54.1 Å². The number of ketones is 1. The van der Waals surface area contributed by atoms with E-state index in [2.05, 4.69) is 0 Å². The second-order valence-corrected chi connectivity index (χ2v) is 9.54. The average molecular weight is 556 g/mol.